The van der Waals surface area contributed by atoms with Crippen molar-refractivity contribution in [3.8, 4) is 5.75 Å². The zero-order valence-corrected chi connectivity index (χ0v) is 27.8. The molecule has 2 aliphatic heterocycles. The molecule has 1 N–H and O–H groups in total. The molecule has 1 unspecified atom stereocenters. The van der Waals surface area contributed by atoms with E-state index in [-0.39, 0.29) is 17.3 Å². The van der Waals surface area contributed by atoms with Crippen LogP contribution in [0.25, 0.3) is 0 Å². The molecule has 0 aromatic heterocycles. The van der Waals surface area contributed by atoms with Gasteiger partial charge in [-0.1, -0.05) is 36.7 Å². The number of fused-ring (bicyclic) bond motifs is 4. The van der Waals surface area contributed by atoms with Gasteiger partial charge in [-0.25, -0.2) is 13.0 Å². The summed E-state index contributed by atoms with van der Waals surface area (Å²) in [5, 5.41) is 0.197. The fourth-order valence-electron chi connectivity index (χ4n) is 7.93. The van der Waals surface area contributed by atoms with E-state index in [4.69, 9.17) is 21.1 Å². The zero-order valence-electron chi connectivity index (χ0n) is 26.2. The number of allylic oxidation sites excluding steroid dienone is 1. The molecule has 4 aliphatic rings. The number of rotatable bonds is 2. The smallest absolute Gasteiger partial charge is 0.270 e. The predicted molar refractivity (Wildman–Crippen MR) is 177 cm³/mol. The van der Waals surface area contributed by atoms with Gasteiger partial charge in [0, 0.05) is 47.4 Å². The van der Waals surface area contributed by atoms with Crippen molar-refractivity contribution in [3.63, 3.8) is 0 Å². The van der Waals surface area contributed by atoms with E-state index in [0.29, 0.717) is 48.9 Å². The minimum absolute atomic E-state index is 0.0693. The summed E-state index contributed by atoms with van der Waals surface area (Å²) in [7, 11) is -1.69. The number of carbonyl (C=O) groups is 1. The summed E-state index contributed by atoms with van der Waals surface area (Å²) in [5.74, 6) is 3.41. The molecular formula is C35H43ClF2N2O4S. The summed E-state index contributed by atoms with van der Waals surface area (Å²) < 4.78 is 58.7. The summed E-state index contributed by atoms with van der Waals surface area (Å²) in [4.78, 5) is 15.8. The standard InChI is InChI=1S/C35H43ClF2N2O4S/c1-22-7-5-16-35(43-3,33(37)38)29-12-9-26(29)19-40-20-34(15-6-8-24-17-27(36)11-13-28(24)34)21-44-31-14-10-25(18-30(31)40)32(41)39-45(4,42)23(22)2/h5,10-11,13-14,16-18,22-23,26,29,33H,4,6-9,12,15,19-21H2,1-3H3,(H,39,41,42)/b16-5+/t22-,23+,26-,29+,34-,35-,45?/m0/s1. The SMILES string of the molecule is C=S1(=O)NC(=O)c2ccc3c(c2)N(C[C@@H]2CC[C@H]2[C@](OC)(C(F)F)/C=C/C[C@H](C)[C@H]1C)C[C@@]1(CCCc2cc(Cl)ccc21)CO3. The van der Waals surface area contributed by atoms with Crippen molar-refractivity contribution in [2.45, 2.75) is 75.1 Å². The number of hydrogen-bond acceptors (Lipinski definition) is 5. The quantitative estimate of drug-likeness (QED) is 0.282. The normalized spacial score (nSPS) is 35.8. The molecule has 10 heteroatoms. The number of amides is 1. The first kappa shape index (κ1) is 32.3. The molecule has 244 valence electrons. The second-order valence-corrected chi connectivity index (χ2v) is 16.4. The second kappa shape index (κ2) is 12.2. The van der Waals surface area contributed by atoms with Gasteiger partial charge in [0.05, 0.1) is 22.0 Å². The molecule has 6 nitrogen and oxygen atoms in total. The zero-order chi connectivity index (χ0) is 32.1. The highest BCUT2D eigenvalue weighted by molar-refractivity contribution is 7.99. The minimum Gasteiger partial charge on any atom is -0.490 e. The number of halogens is 3. The maximum atomic E-state index is 15.0. The number of nitrogens with zero attached hydrogens (tertiary/aromatic N) is 1. The van der Waals surface area contributed by atoms with Gasteiger partial charge in [-0.15, -0.1) is 0 Å². The lowest BCUT2D eigenvalue weighted by Gasteiger charge is -2.50. The highest BCUT2D eigenvalue weighted by atomic mass is 35.5. The average Bonchev–Trinajstić information content (AvgIpc) is 3.14. The fourth-order valence-corrected chi connectivity index (χ4v) is 9.60. The molecule has 6 rings (SSSR count). The lowest BCUT2D eigenvalue weighted by molar-refractivity contribution is -0.156. The molecule has 0 saturated heterocycles. The topological polar surface area (TPSA) is 67.9 Å². The van der Waals surface area contributed by atoms with E-state index in [1.807, 2.05) is 19.1 Å². The number of anilines is 1. The molecule has 2 aromatic carbocycles. The highest BCUT2D eigenvalue weighted by Gasteiger charge is 2.53. The molecule has 2 heterocycles. The van der Waals surface area contributed by atoms with E-state index < -0.39 is 38.8 Å². The molecule has 2 aromatic rings. The van der Waals surface area contributed by atoms with Crippen LogP contribution in [0.3, 0.4) is 0 Å². The van der Waals surface area contributed by atoms with Crippen LogP contribution in [0.1, 0.15) is 67.4 Å². The molecular weight excluding hydrogens is 618 g/mol. The van der Waals surface area contributed by atoms with Crippen LogP contribution in [0.4, 0.5) is 14.5 Å². The Balaban J connectivity index is 1.47. The van der Waals surface area contributed by atoms with E-state index >= 15 is 8.78 Å². The van der Waals surface area contributed by atoms with Crippen molar-refractivity contribution in [2.24, 2.45) is 17.8 Å². The van der Waals surface area contributed by atoms with Crippen LogP contribution in [-0.4, -0.2) is 60.1 Å². The maximum Gasteiger partial charge on any atom is 0.270 e. The van der Waals surface area contributed by atoms with Crippen molar-refractivity contribution in [3.05, 3.63) is 70.3 Å². The molecule has 0 radical (unpaired) electrons. The first-order valence-corrected chi connectivity index (χ1v) is 18.1. The number of alkyl halides is 2. The predicted octanol–water partition coefficient (Wildman–Crippen LogP) is 6.84. The number of hydrogen-bond donors (Lipinski definition) is 1. The van der Waals surface area contributed by atoms with Gasteiger partial charge in [-0.2, -0.15) is 0 Å². The van der Waals surface area contributed by atoms with Gasteiger partial charge < -0.3 is 14.4 Å². The summed E-state index contributed by atoms with van der Waals surface area (Å²) in [6, 6.07) is 11.3. The van der Waals surface area contributed by atoms with Gasteiger partial charge in [-0.3, -0.25) is 9.52 Å². The number of ether oxygens (including phenoxy) is 2. The Morgan fingerprint density at radius 2 is 2.00 bits per heavy atom. The van der Waals surface area contributed by atoms with Crippen LogP contribution >= 0.6 is 11.6 Å². The Kier molecular flexibility index (Phi) is 8.76. The average molecular weight is 661 g/mol. The molecule has 1 spiro atoms. The highest BCUT2D eigenvalue weighted by Crippen LogP contribution is 2.50. The van der Waals surface area contributed by atoms with Crippen LogP contribution in [0.2, 0.25) is 5.02 Å². The number of nitrogens with one attached hydrogen (secondary N) is 1. The first-order valence-electron chi connectivity index (χ1n) is 15.9. The van der Waals surface area contributed by atoms with Crippen LogP contribution in [0.15, 0.2) is 48.6 Å². The van der Waals surface area contributed by atoms with Crippen molar-refractivity contribution >= 4 is 38.8 Å². The molecule has 1 fully saturated rings. The summed E-state index contributed by atoms with van der Waals surface area (Å²) in [5.41, 5.74) is 1.39. The van der Waals surface area contributed by atoms with E-state index in [2.05, 4.69) is 21.6 Å². The van der Waals surface area contributed by atoms with E-state index in [9.17, 15) is 9.00 Å². The Bertz CT molecular complexity index is 1600. The molecule has 45 heavy (non-hydrogen) atoms. The van der Waals surface area contributed by atoms with Gasteiger partial charge in [0.25, 0.3) is 12.3 Å². The lowest BCUT2D eigenvalue weighted by Crippen LogP contribution is -2.55. The van der Waals surface area contributed by atoms with Crippen LogP contribution in [-0.2, 0) is 26.3 Å². The third kappa shape index (κ3) is 5.78. The third-order valence-electron chi connectivity index (χ3n) is 11.0. The summed E-state index contributed by atoms with van der Waals surface area (Å²) in [6.07, 6.45) is 5.15. The molecule has 1 amide bonds. The monoisotopic (exact) mass is 660 g/mol. The maximum absolute atomic E-state index is 15.0. The molecule has 2 aliphatic carbocycles. The van der Waals surface area contributed by atoms with Gasteiger partial charge >= 0.3 is 0 Å². The van der Waals surface area contributed by atoms with Crippen molar-refractivity contribution < 1.29 is 27.3 Å². The minimum atomic E-state index is -3.06. The molecule has 1 saturated carbocycles. The van der Waals surface area contributed by atoms with Crippen LogP contribution in [0.5, 0.6) is 5.75 Å². The second-order valence-electron chi connectivity index (χ2n) is 13.6. The Morgan fingerprint density at radius 3 is 2.71 bits per heavy atom. The fraction of sp³-hybridized carbons (Fsp3) is 0.543. The van der Waals surface area contributed by atoms with Crippen molar-refractivity contribution in [2.75, 3.05) is 31.7 Å². The van der Waals surface area contributed by atoms with Crippen molar-refractivity contribution in [1.29, 1.82) is 0 Å². The molecule has 2 bridgehead atoms. The van der Waals surface area contributed by atoms with Crippen LogP contribution in [0, 0.1) is 17.8 Å². The number of aryl methyl sites for hydroxylation is 1. The molecule has 7 atom stereocenters. The lowest BCUT2D eigenvalue weighted by atomic mass is 9.64. The van der Waals surface area contributed by atoms with Gasteiger partial charge in [-0.05, 0) is 105 Å². The van der Waals surface area contributed by atoms with E-state index in [0.717, 1.165) is 31.4 Å². The summed E-state index contributed by atoms with van der Waals surface area (Å²) >= 11 is 6.40. The largest absolute Gasteiger partial charge is 0.490 e. The third-order valence-corrected chi connectivity index (χ3v) is 13.4. The number of methoxy groups -OCH3 is 1. The Morgan fingerprint density at radius 1 is 1.20 bits per heavy atom. The van der Waals surface area contributed by atoms with Crippen LogP contribution < -0.4 is 14.4 Å². The van der Waals surface area contributed by atoms with Gasteiger partial charge in [0.1, 0.15) is 11.4 Å². The number of benzene rings is 2. The Hall–Kier alpha value is -2.62. The first-order chi connectivity index (χ1) is 21.4. The number of carbonyl (C=O) groups excluding carboxylic acids is 1. The Labute approximate surface area is 270 Å². The summed E-state index contributed by atoms with van der Waals surface area (Å²) in [6.45, 7) is 5.20. The van der Waals surface area contributed by atoms with E-state index in [1.54, 1.807) is 31.2 Å². The van der Waals surface area contributed by atoms with Gasteiger partial charge in [0.15, 0.2) is 0 Å². The van der Waals surface area contributed by atoms with Crippen molar-refractivity contribution in [1.82, 2.24) is 4.72 Å². The van der Waals surface area contributed by atoms with Gasteiger partial charge in [0.2, 0.25) is 0 Å². The van der Waals surface area contributed by atoms with E-state index in [1.165, 1.54) is 24.3 Å².